The van der Waals surface area contributed by atoms with Crippen LogP contribution in [0.15, 0.2) is 30.3 Å². The average Bonchev–Trinajstić information content (AvgIpc) is 2.67. The monoisotopic (exact) mass is 380 g/mol. The van der Waals surface area contributed by atoms with Gasteiger partial charge in [0.1, 0.15) is 0 Å². The van der Waals surface area contributed by atoms with Crippen LogP contribution in [-0.2, 0) is 10.2 Å². The molecule has 3 nitrogen and oxygen atoms in total. The molecule has 28 heavy (non-hydrogen) atoms. The lowest BCUT2D eigenvalue weighted by Gasteiger charge is -2.65. The van der Waals surface area contributed by atoms with E-state index >= 15 is 0 Å². The molecule has 0 aliphatic heterocycles. The number of rotatable bonds is 4. The van der Waals surface area contributed by atoms with Gasteiger partial charge in [-0.2, -0.15) is 0 Å². The highest BCUT2D eigenvalue weighted by atomic mass is 16.2. The minimum absolute atomic E-state index is 0.144. The van der Waals surface area contributed by atoms with Gasteiger partial charge in [0, 0.05) is 6.04 Å². The number of carbonyl (C=O) groups is 1. The van der Waals surface area contributed by atoms with Gasteiger partial charge >= 0.3 is 0 Å². The molecule has 152 valence electrons. The molecule has 1 aromatic rings. The van der Waals surface area contributed by atoms with E-state index in [0.29, 0.717) is 29.2 Å². The van der Waals surface area contributed by atoms with E-state index < -0.39 is 0 Å². The van der Waals surface area contributed by atoms with Gasteiger partial charge in [0.25, 0.3) is 0 Å². The Kier molecular flexibility index (Phi) is 4.39. The first-order chi connectivity index (χ1) is 13.4. The number of nitrogens with one attached hydrogen (secondary N) is 1. The normalized spacial score (nSPS) is 44.4. The van der Waals surface area contributed by atoms with Crippen molar-refractivity contribution in [3.05, 3.63) is 35.9 Å². The smallest absolute Gasteiger partial charge is 0.226 e. The summed E-state index contributed by atoms with van der Waals surface area (Å²) >= 11 is 0. The van der Waals surface area contributed by atoms with Crippen LogP contribution < -0.4 is 11.1 Å². The van der Waals surface area contributed by atoms with Crippen LogP contribution in [0.2, 0.25) is 0 Å². The highest BCUT2D eigenvalue weighted by Crippen LogP contribution is 2.70. The van der Waals surface area contributed by atoms with E-state index in [1.54, 1.807) is 0 Å². The molecule has 0 saturated heterocycles. The summed E-state index contributed by atoms with van der Waals surface area (Å²) in [7, 11) is 0. The minimum atomic E-state index is -0.144. The van der Waals surface area contributed by atoms with Crippen LogP contribution in [0, 0.1) is 22.7 Å². The summed E-state index contributed by atoms with van der Waals surface area (Å²) in [5.41, 5.74) is 7.72. The van der Waals surface area contributed by atoms with Gasteiger partial charge in [-0.1, -0.05) is 37.3 Å². The molecule has 5 saturated carbocycles. The van der Waals surface area contributed by atoms with Crippen molar-refractivity contribution in [3.8, 4) is 0 Å². The zero-order valence-electron chi connectivity index (χ0n) is 17.4. The molecular formula is C25H36N2O. The van der Waals surface area contributed by atoms with Gasteiger partial charge in [0.15, 0.2) is 0 Å². The van der Waals surface area contributed by atoms with Crippen molar-refractivity contribution in [2.75, 3.05) is 6.54 Å². The maximum Gasteiger partial charge on any atom is 0.226 e. The van der Waals surface area contributed by atoms with Crippen molar-refractivity contribution in [2.24, 2.45) is 28.4 Å². The van der Waals surface area contributed by atoms with Crippen LogP contribution in [0.1, 0.15) is 76.7 Å². The van der Waals surface area contributed by atoms with E-state index in [2.05, 4.69) is 42.6 Å². The molecule has 3 N–H and O–H groups in total. The number of nitrogens with two attached hydrogens (primary N) is 1. The maximum atomic E-state index is 13.7. The minimum Gasteiger partial charge on any atom is -0.353 e. The summed E-state index contributed by atoms with van der Waals surface area (Å²) in [6, 6.07) is 11.5. The van der Waals surface area contributed by atoms with Gasteiger partial charge in [-0.3, -0.25) is 4.79 Å². The lowest BCUT2D eigenvalue weighted by Crippen LogP contribution is -2.62. The standard InChI is InChI=1S/C25H36N2O/c1-23-11-19-12-24(15-23,20-5-3-2-4-6-20)17-25(13-19,16-23)22(28)27-21-9-7-18(14-26)8-10-21/h2-6,18-19,21H,7-17,26H2,1H3,(H,27,28)/t18-,19?,21-,23-,24-,25-/m0/s1. The molecule has 1 amide bonds. The zero-order valence-corrected chi connectivity index (χ0v) is 17.4. The Bertz CT molecular complexity index is 740. The second kappa shape index (κ2) is 6.58. The summed E-state index contributed by atoms with van der Waals surface area (Å²) in [5.74, 6) is 1.74. The van der Waals surface area contributed by atoms with Crippen molar-refractivity contribution < 1.29 is 4.79 Å². The van der Waals surface area contributed by atoms with Crippen LogP contribution in [-0.4, -0.2) is 18.5 Å². The number of hydrogen-bond acceptors (Lipinski definition) is 2. The third-order valence-corrected chi connectivity index (χ3v) is 8.73. The highest BCUT2D eigenvalue weighted by molar-refractivity contribution is 5.84. The Morgan fingerprint density at radius 1 is 1.04 bits per heavy atom. The van der Waals surface area contributed by atoms with Gasteiger partial charge in [0.05, 0.1) is 5.41 Å². The fraction of sp³-hybridized carbons (Fsp3) is 0.720. The van der Waals surface area contributed by atoms with Crippen molar-refractivity contribution in [1.82, 2.24) is 5.32 Å². The van der Waals surface area contributed by atoms with Gasteiger partial charge in [-0.25, -0.2) is 0 Å². The van der Waals surface area contributed by atoms with Gasteiger partial charge in [-0.15, -0.1) is 0 Å². The predicted molar refractivity (Wildman–Crippen MR) is 113 cm³/mol. The van der Waals surface area contributed by atoms with Crippen LogP contribution in [0.4, 0.5) is 0 Å². The molecule has 5 fully saturated rings. The number of hydrogen-bond donors (Lipinski definition) is 2. The number of carbonyl (C=O) groups excluding carboxylic acids is 1. The summed E-state index contributed by atoms with van der Waals surface area (Å²) in [4.78, 5) is 13.7. The van der Waals surface area contributed by atoms with Gasteiger partial charge in [-0.05, 0) is 99.0 Å². The quantitative estimate of drug-likeness (QED) is 0.805. The first-order valence-electron chi connectivity index (χ1n) is 11.5. The van der Waals surface area contributed by atoms with Crippen LogP contribution in [0.25, 0.3) is 0 Å². The van der Waals surface area contributed by atoms with E-state index in [9.17, 15) is 4.79 Å². The van der Waals surface area contributed by atoms with E-state index in [4.69, 9.17) is 5.73 Å². The number of benzene rings is 1. The largest absolute Gasteiger partial charge is 0.353 e. The molecule has 0 radical (unpaired) electrons. The topological polar surface area (TPSA) is 55.1 Å². The lowest BCUT2D eigenvalue weighted by atomic mass is 9.38. The van der Waals surface area contributed by atoms with Gasteiger partial charge in [0.2, 0.25) is 5.91 Å². The van der Waals surface area contributed by atoms with E-state index in [1.165, 1.54) is 37.7 Å². The Morgan fingerprint density at radius 2 is 1.79 bits per heavy atom. The summed E-state index contributed by atoms with van der Waals surface area (Å²) in [5, 5.41) is 3.53. The highest BCUT2D eigenvalue weighted by Gasteiger charge is 2.64. The number of amides is 1. The third-order valence-electron chi connectivity index (χ3n) is 8.73. The van der Waals surface area contributed by atoms with Crippen molar-refractivity contribution in [1.29, 1.82) is 0 Å². The van der Waals surface area contributed by atoms with Crippen molar-refractivity contribution >= 4 is 5.91 Å². The first-order valence-corrected chi connectivity index (χ1v) is 11.5. The molecule has 3 heteroatoms. The predicted octanol–water partition coefficient (Wildman–Crippen LogP) is 4.55. The second-order valence-electron chi connectivity index (χ2n) is 11.2. The Balaban J connectivity index is 1.39. The molecule has 4 bridgehead atoms. The molecule has 6 rings (SSSR count). The fourth-order valence-corrected chi connectivity index (χ4v) is 8.17. The van der Waals surface area contributed by atoms with E-state index in [-0.39, 0.29) is 10.8 Å². The summed E-state index contributed by atoms with van der Waals surface area (Å²) in [6.07, 6.45) is 11.7. The lowest BCUT2D eigenvalue weighted by molar-refractivity contribution is -0.161. The van der Waals surface area contributed by atoms with E-state index in [0.717, 1.165) is 38.6 Å². The molecule has 5 aliphatic carbocycles. The molecule has 5 aliphatic rings. The second-order valence-corrected chi connectivity index (χ2v) is 11.2. The summed E-state index contributed by atoms with van der Waals surface area (Å²) < 4.78 is 0. The third kappa shape index (κ3) is 3.01. The van der Waals surface area contributed by atoms with Crippen LogP contribution in [0.3, 0.4) is 0 Å². The maximum absolute atomic E-state index is 13.7. The molecule has 0 heterocycles. The molecule has 1 unspecified atom stereocenters. The van der Waals surface area contributed by atoms with Crippen molar-refractivity contribution in [3.63, 3.8) is 0 Å². The molecule has 0 aromatic heterocycles. The summed E-state index contributed by atoms with van der Waals surface area (Å²) in [6.45, 7) is 3.26. The molecular weight excluding hydrogens is 344 g/mol. The van der Waals surface area contributed by atoms with Crippen LogP contribution in [0.5, 0.6) is 0 Å². The van der Waals surface area contributed by atoms with Crippen LogP contribution >= 0.6 is 0 Å². The van der Waals surface area contributed by atoms with E-state index in [1.807, 2.05) is 0 Å². The fourth-order valence-electron chi connectivity index (χ4n) is 8.17. The Labute approximate surface area is 169 Å². The molecule has 0 spiro atoms. The van der Waals surface area contributed by atoms with Gasteiger partial charge < -0.3 is 11.1 Å². The molecule has 4 atom stereocenters. The Morgan fingerprint density at radius 3 is 2.46 bits per heavy atom. The average molecular weight is 381 g/mol. The first kappa shape index (κ1) is 18.7. The van der Waals surface area contributed by atoms with Crippen molar-refractivity contribution in [2.45, 2.75) is 82.6 Å². The SMILES string of the molecule is C[C@@]12CC3C[C@](C(=O)N[C@H]4CC[C@H](CN)CC4)(C1)C[C@](c1ccccc1)(C3)C2. The molecule has 1 aromatic carbocycles. The Hall–Kier alpha value is -1.35. The zero-order chi connectivity index (χ0) is 19.4.